The van der Waals surface area contributed by atoms with E-state index in [-0.39, 0.29) is 11.8 Å². The number of nitrogens with zero attached hydrogens (tertiary/aromatic N) is 3. The monoisotopic (exact) mass is 445 g/mol. The third-order valence-electron chi connectivity index (χ3n) is 5.59. The zero-order valence-corrected chi connectivity index (χ0v) is 18.3. The Labute approximate surface area is 189 Å². The Balaban J connectivity index is 1.22. The van der Waals surface area contributed by atoms with Crippen LogP contribution < -0.4 is 10.2 Å². The van der Waals surface area contributed by atoms with Crippen molar-refractivity contribution in [1.82, 2.24) is 14.9 Å². The van der Waals surface area contributed by atoms with E-state index in [0.29, 0.717) is 29.2 Å². The van der Waals surface area contributed by atoms with Crippen LogP contribution in [0.1, 0.15) is 26.5 Å². The van der Waals surface area contributed by atoms with E-state index in [0.717, 1.165) is 36.5 Å². The summed E-state index contributed by atoms with van der Waals surface area (Å²) in [5.74, 6) is 0.719. The van der Waals surface area contributed by atoms with Crippen LogP contribution in [0.25, 0.3) is 11.0 Å². The van der Waals surface area contributed by atoms with Gasteiger partial charge in [0.1, 0.15) is 0 Å². The number of hydrogen-bond donors (Lipinski definition) is 2. The molecule has 0 radical (unpaired) electrons. The van der Waals surface area contributed by atoms with Gasteiger partial charge < -0.3 is 20.1 Å². The first-order chi connectivity index (χ1) is 15.7. The first-order valence-corrected chi connectivity index (χ1v) is 11.5. The Morgan fingerprint density at radius 1 is 0.938 bits per heavy atom. The van der Waals surface area contributed by atoms with Crippen LogP contribution in [0.5, 0.6) is 0 Å². The number of thiophene rings is 1. The molecular formula is C24H23N5O2S. The van der Waals surface area contributed by atoms with Crippen LogP contribution in [-0.2, 0) is 0 Å². The molecule has 0 aliphatic carbocycles. The minimum atomic E-state index is -0.141. The van der Waals surface area contributed by atoms with E-state index in [9.17, 15) is 9.59 Å². The fourth-order valence-corrected chi connectivity index (χ4v) is 4.52. The molecule has 3 heterocycles. The van der Waals surface area contributed by atoms with Crippen molar-refractivity contribution in [3.8, 4) is 0 Å². The molecule has 1 aliphatic rings. The number of aromatic amines is 1. The summed E-state index contributed by atoms with van der Waals surface area (Å²) in [4.78, 5) is 38.1. The molecule has 2 aromatic heterocycles. The fourth-order valence-electron chi connectivity index (χ4n) is 3.90. The van der Waals surface area contributed by atoms with Crippen LogP contribution in [0, 0.1) is 0 Å². The molecule has 2 N–H and O–H groups in total. The second kappa shape index (κ2) is 8.84. The minimum Gasteiger partial charge on any atom is -0.341 e. The van der Waals surface area contributed by atoms with Gasteiger partial charge in [-0.15, -0.1) is 11.3 Å². The summed E-state index contributed by atoms with van der Waals surface area (Å²) in [6.07, 6.45) is 0.873. The van der Waals surface area contributed by atoms with Crippen molar-refractivity contribution in [3.63, 3.8) is 0 Å². The number of amides is 2. The molecule has 5 rings (SSSR count). The van der Waals surface area contributed by atoms with Gasteiger partial charge in [-0.3, -0.25) is 9.59 Å². The van der Waals surface area contributed by atoms with E-state index >= 15 is 0 Å². The van der Waals surface area contributed by atoms with E-state index in [1.54, 1.807) is 30.3 Å². The summed E-state index contributed by atoms with van der Waals surface area (Å²) >= 11 is 1.40. The SMILES string of the molecule is O=C(Nc1ccc(C(=O)N2CCCN(c3nc4ccccc4[nH]3)CC2)cc1)c1cccs1. The van der Waals surface area contributed by atoms with Crippen LogP contribution in [0.3, 0.4) is 0 Å². The summed E-state index contributed by atoms with van der Waals surface area (Å²) in [5, 5.41) is 4.73. The summed E-state index contributed by atoms with van der Waals surface area (Å²) in [5.41, 5.74) is 3.26. The number of fused-ring (bicyclic) bond motifs is 1. The summed E-state index contributed by atoms with van der Waals surface area (Å²) in [7, 11) is 0. The topological polar surface area (TPSA) is 81.3 Å². The Morgan fingerprint density at radius 3 is 2.56 bits per heavy atom. The highest BCUT2D eigenvalue weighted by molar-refractivity contribution is 7.12. The molecule has 32 heavy (non-hydrogen) atoms. The second-order valence-electron chi connectivity index (χ2n) is 7.72. The van der Waals surface area contributed by atoms with Gasteiger partial charge in [0.2, 0.25) is 5.95 Å². The highest BCUT2D eigenvalue weighted by Gasteiger charge is 2.22. The van der Waals surface area contributed by atoms with Gasteiger partial charge in [0, 0.05) is 37.4 Å². The number of nitrogens with one attached hydrogen (secondary N) is 2. The van der Waals surface area contributed by atoms with Crippen LogP contribution in [-0.4, -0.2) is 52.9 Å². The number of para-hydroxylation sites is 2. The van der Waals surface area contributed by atoms with E-state index in [2.05, 4.69) is 15.2 Å². The number of aromatic nitrogens is 2. The number of benzene rings is 2. The second-order valence-corrected chi connectivity index (χ2v) is 8.67. The number of hydrogen-bond acceptors (Lipinski definition) is 5. The zero-order valence-electron chi connectivity index (χ0n) is 17.5. The standard InChI is InChI=1S/C24H23N5O2S/c30-22(21-7-3-16-32-21)25-18-10-8-17(9-11-18)23(31)28-12-4-13-29(15-14-28)24-26-19-5-1-2-6-20(19)27-24/h1-3,5-11,16H,4,12-15H2,(H,25,30)(H,26,27). The van der Waals surface area contributed by atoms with Gasteiger partial charge in [-0.25, -0.2) is 4.98 Å². The molecule has 162 valence electrons. The quantitative estimate of drug-likeness (QED) is 0.493. The summed E-state index contributed by atoms with van der Waals surface area (Å²) in [6, 6.07) is 18.7. The van der Waals surface area contributed by atoms with Crippen molar-refractivity contribution < 1.29 is 9.59 Å². The molecule has 0 unspecified atom stereocenters. The Bertz CT molecular complexity index is 1200. The molecule has 0 bridgehead atoms. The lowest BCUT2D eigenvalue weighted by molar-refractivity contribution is 0.0767. The smallest absolute Gasteiger partial charge is 0.265 e. The molecule has 0 spiro atoms. The normalized spacial score (nSPS) is 14.4. The molecule has 0 saturated carbocycles. The molecule has 1 saturated heterocycles. The van der Waals surface area contributed by atoms with Crippen LogP contribution >= 0.6 is 11.3 Å². The van der Waals surface area contributed by atoms with Crippen LogP contribution in [0.2, 0.25) is 0 Å². The minimum absolute atomic E-state index is 0.00703. The fraction of sp³-hybridized carbons (Fsp3) is 0.208. The number of H-pyrrole nitrogens is 1. The maximum Gasteiger partial charge on any atom is 0.265 e. The summed E-state index contributed by atoms with van der Waals surface area (Å²) in [6.45, 7) is 2.90. The van der Waals surface area contributed by atoms with E-state index < -0.39 is 0 Å². The van der Waals surface area contributed by atoms with E-state index in [1.165, 1.54) is 11.3 Å². The van der Waals surface area contributed by atoms with Gasteiger partial charge in [-0.2, -0.15) is 0 Å². The third-order valence-corrected chi connectivity index (χ3v) is 6.46. The lowest BCUT2D eigenvalue weighted by Crippen LogP contribution is -2.35. The highest BCUT2D eigenvalue weighted by Crippen LogP contribution is 2.20. The molecule has 1 fully saturated rings. The maximum atomic E-state index is 13.1. The lowest BCUT2D eigenvalue weighted by atomic mass is 10.1. The molecular weight excluding hydrogens is 422 g/mol. The Morgan fingerprint density at radius 2 is 1.78 bits per heavy atom. The third kappa shape index (κ3) is 4.22. The average molecular weight is 446 g/mol. The van der Waals surface area contributed by atoms with Crippen molar-refractivity contribution in [1.29, 1.82) is 0 Å². The number of carbonyl (C=O) groups is 2. The van der Waals surface area contributed by atoms with E-state index in [4.69, 9.17) is 4.98 Å². The van der Waals surface area contributed by atoms with E-state index in [1.807, 2.05) is 40.6 Å². The van der Waals surface area contributed by atoms with Gasteiger partial charge in [0.15, 0.2) is 0 Å². The van der Waals surface area contributed by atoms with Crippen molar-refractivity contribution in [2.75, 3.05) is 36.4 Å². The predicted molar refractivity (Wildman–Crippen MR) is 128 cm³/mol. The molecule has 2 amide bonds. The summed E-state index contributed by atoms with van der Waals surface area (Å²) < 4.78 is 0. The van der Waals surface area contributed by atoms with Gasteiger partial charge in [-0.05, 0) is 54.3 Å². The Kier molecular flexibility index (Phi) is 5.60. The van der Waals surface area contributed by atoms with Gasteiger partial charge in [-0.1, -0.05) is 18.2 Å². The highest BCUT2D eigenvalue weighted by atomic mass is 32.1. The molecule has 1 aliphatic heterocycles. The van der Waals surface area contributed by atoms with Crippen molar-refractivity contribution in [2.45, 2.75) is 6.42 Å². The number of anilines is 2. The lowest BCUT2D eigenvalue weighted by Gasteiger charge is -2.22. The molecule has 8 heteroatoms. The zero-order chi connectivity index (χ0) is 21.9. The van der Waals surface area contributed by atoms with Crippen molar-refractivity contribution in [2.24, 2.45) is 0 Å². The molecule has 7 nitrogen and oxygen atoms in total. The first kappa shape index (κ1) is 20.3. The number of imidazole rings is 1. The van der Waals surface area contributed by atoms with Crippen molar-refractivity contribution in [3.05, 3.63) is 76.5 Å². The van der Waals surface area contributed by atoms with Crippen molar-refractivity contribution >= 4 is 45.8 Å². The van der Waals surface area contributed by atoms with Gasteiger partial charge in [0.25, 0.3) is 11.8 Å². The maximum absolute atomic E-state index is 13.1. The molecule has 2 aromatic carbocycles. The first-order valence-electron chi connectivity index (χ1n) is 10.6. The molecule has 0 atom stereocenters. The van der Waals surface area contributed by atoms with Crippen LogP contribution in [0.15, 0.2) is 66.0 Å². The molecule has 4 aromatic rings. The van der Waals surface area contributed by atoms with Crippen LogP contribution in [0.4, 0.5) is 11.6 Å². The largest absolute Gasteiger partial charge is 0.341 e. The van der Waals surface area contributed by atoms with Gasteiger partial charge >= 0.3 is 0 Å². The number of rotatable bonds is 4. The van der Waals surface area contributed by atoms with Gasteiger partial charge in [0.05, 0.1) is 15.9 Å². The average Bonchev–Trinajstić information content (AvgIpc) is 3.44. The number of carbonyl (C=O) groups excluding carboxylic acids is 2. The predicted octanol–water partition coefficient (Wildman–Crippen LogP) is 4.23. The Hall–Kier alpha value is -3.65.